The summed E-state index contributed by atoms with van der Waals surface area (Å²) in [6.07, 6.45) is 20.0. The van der Waals surface area contributed by atoms with Gasteiger partial charge in [0.05, 0.1) is 10.8 Å². The van der Waals surface area contributed by atoms with Crippen molar-refractivity contribution in [2.45, 2.75) is 82.9 Å². The second-order valence-electron chi connectivity index (χ2n) is 19.8. The Hall–Kier alpha value is -6.56. The van der Waals surface area contributed by atoms with E-state index >= 15 is 0 Å². The Morgan fingerprint density at radius 3 is 1.51 bits per heavy atom. The van der Waals surface area contributed by atoms with Crippen molar-refractivity contribution in [3.63, 3.8) is 0 Å². The van der Waals surface area contributed by atoms with E-state index in [1.54, 1.807) is 12.7 Å². The molecule has 4 aromatic carbocycles. The lowest BCUT2D eigenvalue weighted by Crippen LogP contribution is -2.35. The lowest BCUT2D eigenvalue weighted by molar-refractivity contribution is 0.145. The summed E-state index contributed by atoms with van der Waals surface area (Å²) < 4.78 is 10.8. The van der Waals surface area contributed by atoms with E-state index in [0.29, 0.717) is 30.3 Å². The average molecular weight is 905 g/mol. The first-order valence-electron chi connectivity index (χ1n) is 25.1. The Morgan fingerprint density at radius 2 is 0.971 bits per heavy atom. The number of aromatic nitrogens is 6. The van der Waals surface area contributed by atoms with Gasteiger partial charge >= 0.3 is 0 Å². The maximum absolute atomic E-state index is 6.41. The summed E-state index contributed by atoms with van der Waals surface area (Å²) in [7, 11) is 0. The number of anilines is 2. The van der Waals surface area contributed by atoms with Gasteiger partial charge in [-0.25, -0.2) is 19.9 Å². The molecule has 11 heteroatoms. The lowest BCUT2D eigenvalue weighted by atomic mass is 9.79. The topological polar surface area (TPSA) is 129 Å². The molecule has 0 radical (unpaired) electrons. The van der Waals surface area contributed by atoms with E-state index in [4.69, 9.17) is 16.2 Å². The van der Waals surface area contributed by atoms with Gasteiger partial charge in [0.2, 0.25) is 0 Å². The molecule has 8 aromatic rings. The molecular formula is C57H64N10O. The second kappa shape index (κ2) is 20.0. The number of nitrogens with zero attached hydrogens (tertiary/aromatic N) is 8. The Labute approximate surface area is 400 Å². The van der Waals surface area contributed by atoms with Crippen LogP contribution in [0.15, 0.2) is 134 Å². The summed E-state index contributed by atoms with van der Waals surface area (Å²) in [5.41, 5.74) is 23.0. The molecule has 4 aromatic heterocycles. The third-order valence-corrected chi connectivity index (χ3v) is 15.1. The maximum atomic E-state index is 6.41. The van der Waals surface area contributed by atoms with Gasteiger partial charge in [-0.2, -0.15) is 0 Å². The average Bonchev–Trinajstić information content (AvgIpc) is 4.20. The molecular weight excluding hydrogens is 841 g/mol. The zero-order valence-electron chi connectivity index (χ0n) is 39.2. The minimum atomic E-state index is 0.468. The third-order valence-electron chi connectivity index (χ3n) is 15.1. The summed E-state index contributed by atoms with van der Waals surface area (Å²) in [5.74, 6) is 3.51. The molecule has 68 heavy (non-hydrogen) atoms. The highest BCUT2D eigenvalue weighted by Crippen LogP contribution is 2.45. The maximum Gasteiger partial charge on any atom is 0.146 e. The fourth-order valence-electron chi connectivity index (χ4n) is 11.3. The number of likely N-dealkylation sites (tertiary alicyclic amines) is 2. The summed E-state index contributed by atoms with van der Waals surface area (Å²) in [5, 5.41) is 1.93. The fourth-order valence-corrected chi connectivity index (χ4v) is 11.3. The highest BCUT2D eigenvalue weighted by molar-refractivity contribution is 6.01. The smallest absolute Gasteiger partial charge is 0.146 e. The van der Waals surface area contributed by atoms with Crippen molar-refractivity contribution in [3.8, 4) is 28.0 Å². The van der Waals surface area contributed by atoms with Gasteiger partial charge in [-0.3, -0.25) is 0 Å². The number of aryl methyl sites for hydroxylation is 2. The van der Waals surface area contributed by atoms with Crippen molar-refractivity contribution in [2.24, 2.45) is 11.8 Å². The van der Waals surface area contributed by atoms with Crippen molar-refractivity contribution >= 4 is 33.7 Å². The molecule has 0 atom stereocenters. The molecule has 2 saturated carbocycles. The minimum Gasteiger partial charge on any atom is -0.489 e. The van der Waals surface area contributed by atoms with Crippen molar-refractivity contribution in [3.05, 3.63) is 151 Å². The normalized spacial score (nSPS) is 20.5. The monoisotopic (exact) mass is 905 g/mol. The van der Waals surface area contributed by atoms with Crippen LogP contribution in [0.5, 0.6) is 5.75 Å². The van der Waals surface area contributed by atoms with Crippen molar-refractivity contribution in [1.82, 2.24) is 38.9 Å². The van der Waals surface area contributed by atoms with Crippen LogP contribution in [0.2, 0.25) is 0 Å². The Kier molecular flexibility index (Phi) is 12.9. The summed E-state index contributed by atoms with van der Waals surface area (Å²) in [6.45, 7) is 8.13. The first-order chi connectivity index (χ1) is 33.5. The number of hydrogen-bond acceptors (Lipinski definition) is 9. The molecule has 4 N–H and O–H groups in total. The molecule has 2 aliphatic carbocycles. The van der Waals surface area contributed by atoms with E-state index in [9.17, 15) is 0 Å². The Bertz CT molecular complexity index is 2740. The lowest BCUT2D eigenvalue weighted by Gasteiger charge is -2.38. The summed E-state index contributed by atoms with van der Waals surface area (Å²) in [4.78, 5) is 23.2. The van der Waals surface area contributed by atoms with Gasteiger partial charge in [-0.1, -0.05) is 97.1 Å². The summed E-state index contributed by atoms with van der Waals surface area (Å²) in [6, 6.07) is 39.0. The van der Waals surface area contributed by atoms with E-state index in [-0.39, 0.29) is 0 Å². The van der Waals surface area contributed by atoms with Gasteiger partial charge in [-0.15, -0.1) is 0 Å². The number of nitrogens with two attached hydrogens (primary N) is 2. The van der Waals surface area contributed by atoms with Crippen LogP contribution in [0.4, 0.5) is 11.6 Å². The Balaban J connectivity index is 0.000000149. The zero-order valence-corrected chi connectivity index (χ0v) is 39.2. The predicted octanol–water partition coefficient (Wildman–Crippen LogP) is 10.8. The van der Waals surface area contributed by atoms with Crippen LogP contribution in [-0.2, 0) is 19.4 Å². The number of rotatable bonds is 14. The quantitative estimate of drug-likeness (QED) is 0.110. The van der Waals surface area contributed by atoms with E-state index in [2.05, 4.69) is 130 Å². The van der Waals surface area contributed by atoms with Crippen LogP contribution in [0.3, 0.4) is 0 Å². The highest BCUT2D eigenvalue weighted by Gasteiger charge is 2.35. The van der Waals surface area contributed by atoms with Crippen LogP contribution in [0, 0.1) is 11.8 Å². The molecule has 11 nitrogen and oxygen atoms in total. The Morgan fingerprint density at radius 1 is 0.500 bits per heavy atom. The van der Waals surface area contributed by atoms with Crippen LogP contribution in [0.1, 0.15) is 80.1 Å². The van der Waals surface area contributed by atoms with Gasteiger partial charge in [-0.05, 0) is 142 Å². The molecule has 6 heterocycles. The van der Waals surface area contributed by atoms with Gasteiger partial charge < -0.3 is 35.1 Å². The molecule has 0 unspecified atom stereocenters. The largest absolute Gasteiger partial charge is 0.489 e. The minimum absolute atomic E-state index is 0.468. The van der Waals surface area contributed by atoms with Gasteiger partial charge in [0.15, 0.2) is 0 Å². The molecule has 348 valence electrons. The van der Waals surface area contributed by atoms with E-state index in [0.717, 1.165) is 74.7 Å². The van der Waals surface area contributed by atoms with Crippen molar-refractivity contribution in [2.75, 3.05) is 50.7 Å². The predicted molar refractivity (Wildman–Crippen MR) is 274 cm³/mol. The number of nitrogen functional groups attached to an aromatic ring is 2. The first-order valence-corrected chi connectivity index (χ1v) is 25.1. The zero-order chi connectivity index (χ0) is 45.8. The number of benzene rings is 4. The third kappa shape index (κ3) is 9.60. The van der Waals surface area contributed by atoms with Gasteiger partial charge in [0.1, 0.15) is 47.9 Å². The van der Waals surface area contributed by atoms with Crippen LogP contribution in [-0.4, -0.2) is 78.1 Å². The molecule has 0 bridgehead atoms. The standard InChI is InChI=1S/C29H33N5.C28H31N5O/c30-28-27-26(24-10-6-9-22(15-24)12-11-21-7-2-1-3-8-21)19-34(29(27)32-20-31-28)25-16-23(17-25)18-33-13-4-5-14-33;29-27-26-25(22-9-6-10-24(15-22)34-18-20-7-2-1-3-8-20)17-33(28(26)31-19-30-27)23-13-21(14-23)16-32-11-4-5-12-32/h1-3,6-10,15,19-20,23,25H,4-5,11-14,16-18H2,(H2,30,31,32);1-3,6-10,15,17,19,21,23H,4-5,11-14,16,18H2,(H2,29,30,31). The molecule has 12 rings (SSSR count). The second-order valence-corrected chi connectivity index (χ2v) is 19.8. The van der Waals surface area contributed by atoms with Crippen LogP contribution in [0.25, 0.3) is 44.3 Å². The van der Waals surface area contributed by atoms with Gasteiger partial charge in [0, 0.05) is 48.7 Å². The number of ether oxygens (including phenoxy) is 1. The highest BCUT2D eigenvalue weighted by atomic mass is 16.5. The first kappa shape index (κ1) is 44.0. The fraction of sp³-hybridized carbons (Fsp3) is 0.368. The van der Waals surface area contributed by atoms with Gasteiger partial charge in [0.25, 0.3) is 0 Å². The van der Waals surface area contributed by atoms with E-state index in [1.165, 1.54) is 107 Å². The molecule has 0 spiro atoms. The number of fused-ring (bicyclic) bond motifs is 2. The van der Waals surface area contributed by atoms with E-state index < -0.39 is 0 Å². The number of hydrogen-bond donors (Lipinski definition) is 2. The SMILES string of the molecule is Nc1ncnc2c1c(-c1cccc(CCc3ccccc3)c1)cn2C1CC(CN2CCCC2)C1.Nc1ncnc2c1c(-c1cccc(OCc3ccccc3)c1)cn2C1CC(CN2CCCC2)C1. The van der Waals surface area contributed by atoms with Crippen molar-refractivity contribution in [1.29, 1.82) is 0 Å². The molecule has 4 fully saturated rings. The molecule has 2 aliphatic heterocycles. The molecule has 4 aliphatic rings. The van der Waals surface area contributed by atoms with E-state index in [1.807, 2.05) is 30.3 Å². The van der Waals surface area contributed by atoms with Crippen molar-refractivity contribution < 1.29 is 4.74 Å². The molecule has 0 amide bonds. The van der Waals surface area contributed by atoms with Crippen LogP contribution < -0.4 is 16.2 Å². The van der Waals surface area contributed by atoms with Crippen LogP contribution >= 0.6 is 0 Å². The summed E-state index contributed by atoms with van der Waals surface area (Å²) >= 11 is 0. The molecule has 2 saturated heterocycles.